The number of nitrogens with zero attached hydrogens (tertiary/aromatic N) is 2. The van der Waals surface area contributed by atoms with Crippen molar-refractivity contribution in [2.45, 2.75) is 6.92 Å². The largest absolute Gasteiger partial charge is 0.494 e. The Hall–Kier alpha value is -4.09. The fourth-order valence-electron chi connectivity index (χ4n) is 2.71. The maximum Gasteiger partial charge on any atom is 0.270 e. The second-order valence-corrected chi connectivity index (χ2v) is 6.62. The number of non-ortho nitro benzene ring substituents is 1. The molecule has 8 nitrogen and oxygen atoms in total. The normalized spacial score (nSPS) is 10.9. The summed E-state index contributed by atoms with van der Waals surface area (Å²) >= 11 is 6.13. The Morgan fingerprint density at radius 3 is 2.81 bits per heavy atom. The molecule has 1 heterocycles. The van der Waals surface area contributed by atoms with Crippen LogP contribution >= 0.6 is 11.6 Å². The van der Waals surface area contributed by atoms with Gasteiger partial charge >= 0.3 is 0 Å². The number of hydrogen-bond donors (Lipinski definition) is 1. The first-order valence-electron chi connectivity index (χ1n) is 9.11. The average Bonchev–Trinajstić information content (AvgIpc) is 3.21. The molecule has 0 fully saturated rings. The van der Waals surface area contributed by atoms with E-state index in [1.165, 1.54) is 30.3 Å². The van der Waals surface area contributed by atoms with E-state index in [0.29, 0.717) is 23.6 Å². The Morgan fingerprint density at radius 1 is 1.29 bits per heavy atom. The number of anilines is 1. The number of benzene rings is 2. The average molecular weight is 438 g/mol. The number of rotatable bonds is 7. The fraction of sp³-hybridized carbons (Fsp3) is 0.0909. The van der Waals surface area contributed by atoms with E-state index in [2.05, 4.69) is 5.32 Å². The molecule has 1 amide bonds. The van der Waals surface area contributed by atoms with Crippen molar-refractivity contribution in [1.29, 1.82) is 5.26 Å². The first-order chi connectivity index (χ1) is 14.9. The first-order valence-corrected chi connectivity index (χ1v) is 9.49. The van der Waals surface area contributed by atoms with Gasteiger partial charge in [0.15, 0.2) is 0 Å². The van der Waals surface area contributed by atoms with E-state index in [-0.39, 0.29) is 27.8 Å². The summed E-state index contributed by atoms with van der Waals surface area (Å²) in [5.74, 6) is 0.448. The SMILES string of the molecule is CCOc1cccc(NC(=O)/C(C#N)=C\c2ccc(-c3cc([N+](=O)[O-])ccc3Cl)o2)c1. The number of halogens is 1. The molecule has 3 aromatic rings. The minimum Gasteiger partial charge on any atom is -0.494 e. The minimum absolute atomic E-state index is 0.140. The van der Waals surface area contributed by atoms with Gasteiger partial charge in [0.25, 0.3) is 11.6 Å². The molecule has 156 valence electrons. The molecule has 1 aromatic heterocycles. The summed E-state index contributed by atoms with van der Waals surface area (Å²) in [6.07, 6.45) is 1.27. The van der Waals surface area contributed by atoms with Gasteiger partial charge < -0.3 is 14.5 Å². The number of nitrogens with one attached hydrogen (secondary N) is 1. The summed E-state index contributed by atoms with van der Waals surface area (Å²) in [4.78, 5) is 22.9. The molecule has 2 aromatic carbocycles. The summed E-state index contributed by atoms with van der Waals surface area (Å²) in [5.41, 5.74) is 0.471. The number of amides is 1. The third kappa shape index (κ3) is 5.29. The Balaban J connectivity index is 1.83. The predicted octanol–water partition coefficient (Wildman–Crippen LogP) is 5.45. The summed E-state index contributed by atoms with van der Waals surface area (Å²) in [6, 6.07) is 15.7. The van der Waals surface area contributed by atoms with E-state index < -0.39 is 10.8 Å². The van der Waals surface area contributed by atoms with E-state index in [1.807, 2.05) is 13.0 Å². The highest BCUT2D eigenvalue weighted by Crippen LogP contribution is 2.33. The number of furan rings is 1. The molecule has 0 atom stereocenters. The summed E-state index contributed by atoms with van der Waals surface area (Å²) in [5, 5.41) is 23.3. The molecule has 0 aliphatic heterocycles. The number of nitro benzene ring substituents is 1. The lowest BCUT2D eigenvalue weighted by Gasteiger charge is -2.07. The van der Waals surface area contributed by atoms with Gasteiger partial charge in [0.1, 0.15) is 28.9 Å². The molecule has 0 saturated heterocycles. The van der Waals surface area contributed by atoms with Crippen LogP contribution < -0.4 is 10.1 Å². The van der Waals surface area contributed by atoms with Crippen molar-refractivity contribution in [3.8, 4) is 23.1 Å². The van der Waals surface area contributed by atoms with Crippen LogP contribution in [-0.2, 0) is 4.79 Å². The van der Waals surface area contributed by atoms with E-state index in [1.54, 1.807) is 30.3 Å². The molecular formula is C22H16ClN3O5. The van der Waals surface area contributed by atoms with Crippen LogP contribution in [0.25, 0.3) is 17.4 Å². The fourth-order valence-corrected chi connectivity index (χ4v) is 2.92. The monoisotopic (exact) mass is 437 g/mol. The second-order valence-electron chi connectivity index (χ2n) is 6.21. The first kappa shape index (κ1) is 21.6. The maximum absolute atomic E-state index is 12.5. The summed E-state index contributed by atoms with van der Waals surface area (Å²) in [6.45, 7) is 2.33. The molecule has 0 spiro atoms. The van der Waals surface area contributed by atoms with Gasteiger partial charge in [-0.25, -0.2) is 0 Å². The number of carbonyl (C=O) groups is 1. The minimum atomic E-state index is -0.623. The highest BCUT2D eigenvalue weighted by atomic mass is 35.5. The lowest BCUT2D eigenvalue weighted by Crippen LogP contribution is -2.13. The molecule has 0 bridgehead atoms. The van der Waals surface area contributed by atoms with Gasteiger partial charge in [-0.15, -0.1) is 0 Å². The number of hydrogen-bond acceptors (Lipinski definition) is 6. The zero-order valence-corrected chi connectivity index (χ0v) is 17.1. The van der Waals surface area contributed by atoms with E-state index in [0.717, 1.165) is 0 Å². The molecule has 1 N–H and O–H groups in total. The van der Waals surface area contributed by atoms with Gasteiger partial charge in [-0.3, -0.25) is 14.9 Å². The third-order valence-electron chi connectivity index (χ3n) is 4.11. The van der Waals surface area contributed by atoms with Crippen LogP contribution in [0.15, 0.2) is 64.6 Å². The highest BCUT2D eigenvalue weighted by molar-refractivity contribution is 6.33. The van der Waals surface area contributed by atoms with Crippen LogP contribution in [0, 0.1) is 21.4 Å². The standard InChI is InChI=1S/C22H16ClN3O5/c1-2-30-17-5-3-4-15(11-17)25-22(27)14(13-24)10-18-7-9-21(31-18)19-12-16(26(28)29)6-8-20(19)23/h3-12H,2H2,1H3,(H,25,27)/b14-10-. The van der Waals surface area contributed by atoms with Gasteiger partial charge in [0.05, 0.1) is 16.6 Å². The zero-order valence-electron chi connectivity index (χ0n) is 16.3. The third-order valence-corrected chi connectivity index (χ3v) is 4.44. The van der Waals surface area contributed by atoms with Crippen molar-refractivity contribution in [2.75, 3.05) is 11.9 Å². The van der Waals surface area contributed by atoms with Crippen LogP contribution in [0.5, 0.6) is 5.75 Å². The van der Waals surface area contributed by atoms with E-state index >= 15 is 0 Å². The quantitative estimate of drug-likeness (QED) is 0.227. The molecule has 9 heteroatoms. The smallest absolute Gasteiger partial charge is 0.270 e. The van der Waals surface area contributed by atoms with E-state index in [9.17, 15) is 20.2 Å². The van der Waals surface area contributed by atoms with Gasteiger partial charge in [-0.2, -0.15) is 5.26 Å². The van der Waals surface area contributed by atoms with Crippen molar-refractivity contribution in [2.24, 2.45) is 0 Å². The number of carbonyl (C=O) groups excluding carboxylic acids is 1. The Bertz CT molecular complexity index is 1210. The second kappa shape index (κ2) is 9.61. The Kier molecular flexibility index (Phi) is 6.70. The van der Waals surface area contributed by atoms with Crippen molar-refractivity contribution in [1.82, 2.24) is 0 Å². The molecule has 0 saturated carbocycles. The van der Waals surface area contributed by atoms with Crippen molar-refractivity contribution < 1.29 is 18.9 Å². The number of nitriles is 1. The molecule has 0 aliphatic carbocycles. The van der Waals surface area contributed by atoms with Crippen LogP contribution in [-0.4, -0.2) is 17.4 Å². The lowest BCUT2D eigenvalue weighted by atomic mass is 10.1. The Morgan fingerprint density at radius 2 is 2.10 bits per heavy atom. The molecular weight excluding hydrogens is 422 g/mol. The molecule has 0 aliphatic rings. The number of ether oxygens (including phenoxy) is 1. The molecule has 31 heavy (non-hydrogen) atoms. The van der Waals surface area contributed by atoms with Gasteiger partial charge in [-0.1, -0.05) is 17.7 Å². The van der Waals surface area contributed by atoms with Crippen LogP contribution in [0.3, 0.4) is 0 Å². The maximum atomic E-state index is 12.5. The van der Waals surface area contributed by atoms with E-state index in [4.69, 9.17) is 20.8 Å². The summed E-state index contributed by atoms with van der Waals surface area (Å²) in [7, 11) is 0. The molecule has 0 unspecified atom stereocenters. The highest BCUT2D eigenvalue weighted by Gasteiger charge is 2.15. The predicted molar refractivity (Wildman–Crippen MR) is 116 cm³/mol. The lowest BCUT2D eigenvalue weighted by molar-refractivity contribution is -0.384. The number of nitro groups is 1. The van der Waals surface area contributed by atoms with Crippen LogP contribution in [0.1, 0.15) is 12.7 Å². The molecule has 0 radical (unpaired) electrons. The van der Waals surface area contributed by atoms with Crippen molar-refractivity contribution in [3.63, 3.8) is 0 Å². The van der Waals surface area contributed by atoms with Crippen LogP contribution in [0.2, 0.25) is 5.02 Å². The van der Waals surface area contributed by atoms with Crippen molar-refractivity contribution in [3.05, 3.63) is 81.1 Å². The zero-order chi connectivity index (χ0) is 22.4. The van der Waals surface area contributed by atoms with Gasteiger partial charge in [-0.05, 0) is 37.3 Å². The Labute approximate surface area is 182 Å². The van der Waals surface area contributed by atoms with Crippen molar-refractivity contribution >= 4 is 35.0 Å². The topological polar surface area (TPSA) is 118 Å². The van der Waals surface area contributed by atoms with Gasteiger partial charge in [0.2, 0.25) is 0 Å². The summed E-state index contributed by atoms with van der Waals surface area (Å²) < 4.78 is 11.0. The van der Waals surface area contributed by atoms with Gasteiger partial charge in [0, 0.05) is 35.5 Å². The molecule has 3 rings (SSSR count). The van der Waals surface area contributed by atoms with Crippen LogP contribution in [0.4, 0.5) is 11.4 Å².